The van der Waals surface area contributed by atoms with Crippen LogP contribution in [0.25, 0.3) is 0 Å². The normalized spacial score (nSPS) is 13.4. The van der Waals surface area contributed by atoms with Crippen LogP contribution in [0.1, 0.15) is 12.5 Å². The van der Waals surface area contributed by atoms with E-state index in [9.17, 15) is 9.59 Å². The van der Waals surface area contributed by atoms with E-state index in [4.69, 9.17) is 14.2 Å². The van der Waals surface area contributed by atoms with Crippen molar-refractivity contribution in [2.24, 2.45) is 0 Å². The van der Waals surface area contributed by atoms with E-state index in [2.05, 4.69) is 20.8 Å². The van der Waals surface area contributed by atoms with E-state index in [0.29, 0.717) is 11.5 Å². The van der Waals surface area contributed by atoms with Gasteiger partial charge in [0.05, 0.1) is 0 Å². The van der Waals surface area contributed by atoms with Gasteiger partial charge in [-0.1, -0.05) is 6.07 Å². The number of carbonyl (C=O) groups is 2. The predicted molar refractivity (Wildman–Crippen MR) is 77.8 cm³/mol. The maximum absolute atomic E-state index is 12.0. The number of nitrogens with zero attached hydrogens (tertiary/aromatic N) is 4. The van der Waals surface area contributed by atoms with Crippen LogP contribution in [0.2, 0.25) is 0 Å². The molecule has 2 heterocycles. The molecule has 0 spiro atoms. The van der Waals surface area contributed by atoms with Gasteiger partial charge < -0.3 is 19.5 Å². The molecule has 3 rings (SSSR count). The molecule has 1 amide bonds. The number of hydrogen-bond donors (Lipinski definition) is 1. The topological polar surface area (TPSA) is 117 Å². The molecule has 0 unspecified atom stereocenters. The van der Waals surface area contributed by atoms with Crippen molar-refractivity contribution in [2.45, 2.75) is 26.1 Å². The lowest BCUT2D eigenvalue weighted by Crippen LogP contribution is -2.36. The summed E-state index contributed by atoms with van der Waals surface area (Å²) in [7, 11) is 0. The minimum Gasteiger partial charge on any atom is -0.454 e. The minimum atomic E-state index is -0.928. The summed E-state index contributed by atoms with van der Waals surface area (Å²) in [6.07, 6.45) is 0.356. The Kier molecular flexibility index (Phi) is 4.54. The summed E-state index contributed by atoms with van der Waals surface area (Å²) < 4.78 is 16.7. The highest BCUT2D eigenvalue weighted by Gasteiger charge is 2.19. The van der Waals surface area contributed by atoms with E-state index in [1.807, 2.05) is 6.07 Å². The highest BCUT2D eigenvalue weighted by Crippen LogP contribution is 2.32. The summed E-state index contributed by atoms with van der Waals surface area (Å²) in [5.74, 6) is 0.309. The largest absolute Gasteiger partial charge is 0.454 e. The van der Waals surface area contributed by atoms with Gasteiger partial charge >= 0.3 is 5.97 Å². The van der Waals surface area contributed by atoms with Gasteiger partial charge in [-0.3, -0.25) is 9.59 Å². The molecule has 0 fully saturated rings. The van der Waals surface area contributed by atoms with Crippen LogP contribution < -0.4 is 14.8 Å². The molecule has 126 valence electrons. The average Bonchev–Trinajstić information content (AvgIpc) is 3.23. The van der Waals surface area contributed by atoms with Gasteiger partial charge in [0.25, 0.3) is 5.91 Å². The summed E-state index contributed by atoms with van der Waals surface area (Å²) in [5.41, 5.74) is 0.847. The fourth-order valence-corrected chi connectivity index (χ4v) is 2.06. The Labute approximate surface area is 136 Å². The highest BCUT2D eigenvalue weighted by molar-refractivity contribution is 5.83. The summed E-state index contributed by atoms with van der Waals surface area (Å²) in [4.78, 5) is 23.7. The summed E-state index contributed by atoms with van der Waals surface area (Å²) >= 11 is 0. The molecule has 0 bridgehead atoms. The van der Waals surface area contributed by atoms with Gasteiger partial charge in [-0.25, -0.2) is 4.68 Å². The summed E-state index contributed by atoms with van der Waals surface area (Å²) in [6.45, 7) is 1.81. The van der Waals surface area contributed by atoms with Gasteiger partial charge in [0.1, 0.15) is 12.9 Å². The first kappa shape index (κ1) is 15.7. The first-order valence-corrected chi connectivity index (χ1v) is 7.18. The van der Waals surface area contributed by atoms with Crippen molar-refractivity contribution in [2.75, 3.05) is 6.79 Å². The first-order valence-electron chi connectivity index (χ1n) is 7.18. The molecule has 1 aliphatic rings. The van der Waals surface area contributed by atoms with Crippen LogP contribution in [0.5, 0.6) is 11.5 Å². The second-order valence-electron chi connectivity index (χ2n) is 5.04. The van der Waals surface area contributed by atoms with E-state index in [1.165, 1.54) is 17.9 Å². The number of benzene rings is 1. The minimum absolute atomic E-state index is 0.160. The molecule has 1 atom stereocenters. The summed E-state index contributed by atoms with van der Waals surface area (Å²) in [5, 5.41) is 13.0. The molecule has 0 saturated heterocycles. The second kappa shape index (κ2) is 6.94. The molecule has 0 radical (unpaired) electrons. The van der Waals surface area contributed by atoms with Crippen molar-refractivity contribution >= 4 is 11.9 Å². The number of rotatable bonds is 6. The average molecular weight is 333 g/mol. The van der Waals surface area contributed by atoms with Crippen LogP contribution in [0.3, 0.4) is 0 Å². The van der Waals surface area contributed by atoms with Crippen molar-refractivity contribution in [1.29, 1.82) is 0 Å². The molecular formula is C14H15N5O5. The van der Waals surface area contributed by atoms with E-state index in [1.54, 1.807) is 12.1 Å². The second-order valence-corrected chi connectivity index (χ2v) is 5.04. The Morgan fingerprint density at radius 1 is 1.38 bits per heavy atom. The third kappa shape index (κ3) is 3.77. The van der Waals surface area contributed by atoms with Gasteiger partial charge in [-0.05, 0) is 35.0 Å². The van der Waals surface area contributed by atoms with Crippen molar-refractivity contribution in [1.82, 2.24) is 25.5 Å². The quantitative estimate of drug-likeness (QED) is 0.713. The Morgan fingerprint density at radius 3 is 3.00 bits per heavy atom. The van der Waals surface area contributed by atoms with Crippen LogP contribution in [-0.2, 0) is 27.4 Å². The van der Waals surface area contributed by atoms with Crippen molar-refractivity contribution < 1.29 is 23.8 Å². The number of fused-ring (bicyclic) bond motifs is 1. The number of hydrogen-bond acceptors (Lipinski definition) is 8. The molecular weight excluding hydrogens is 318 g/mol. The van der Waals surface area contributed by atoms with Crippen LogP contribution in [0.15, 0.2) is 24.5 Å². The predicted octanol–water partition coefficient (Wildman–Crippen LogP) is -0.350. The maximum Gasteiger partial charge on any atom is 0.328 e. The number of amides is 1. The maximum atomic E-state index is 12.0. The van der Waals surface area contributed by atoms with Crippen molar-refractivity contribution in [3.63, 3.8) is 0 Å². The standard InChI is InChI=1S/C14H15N5O5/c1-9(24-13(20)6-19-7-16-17-18-19)14(21)15-5-10-2-3-11-12(4-10)23-8-22-11/h2-4,7,9H,5-6,8H2,1H3,(H,15,21)/t9-/m1/s1. The Hall–Kier alpha value is -3.17. The lowest BCUT2D eigenvalue weighted by molar-refractivity contribution is -0.155. The zero-order chi connectivity index (χ0) is 16.9. The SMILES string of the molecule is C[C@@H](OC(=O)Cn1cnnn1)C(=O)NCc1ccc2c(c1)OCO2. The fraction of sp³-hybridized carbons (Fsp3) is 0.357. The third-order valence-electron chi connectivity index (χ3n) is 3.26. The molecule has 2 aromatic rings. The van der Waals surface area contributed by atoms with E-state index < -0.39 is 18.0 Å². The van der Waals surface area contributed by atoms with Gasteiger partial charge in [-0.2, -0.15) is 0 Å². The lowest BCUT2D eigenvalue weighted by Gasteiger charge is -2.13. The van der Waals surface area contributed by atoms with E-state index in [-0.39, 0.29) is 19.9 Å². The Bertz CT molecular complexity index is 733. The zero-order valence-corrected chi connectivity index (χ0v) is 12.8. The molecule has 10 nitrogen and oxygen atoms in total. The first-order chi connectivity index (χ1) is 11.6. The van der Waals surface area contributed by atoms with Gasteiger partial charge in [-0.15, -0.1) is 5.10 Å². The lowest BCUT2D eigenvalue weighted by atomic mass is 10.2. The zero-order valence-electron chi connectivity index (χ0n) is 12.8. The summed E-state index contributed by atoms with van der Waals surface area (Å²) in [6, 6.07) is 5.39. The molecule has 0 aliphatic carbocycles. The number of aromatic nitrogens is 4. The van der Waals surface area contributed by atoms with E-state index >= 15 is 0 Å². The molecule has 24 heavy (non-hydrogen) atoms. The molecule has 1 aromatic heterocycles. The van der Waals surface area contributed by atoms with Gasteiger partial charge in [0, 0.05) is 6.54 Å². The number of nitrogens with one attached hydrogen (secondary N) is 1. The van der Waals surface area contributed by atoms with Crippen LogP contribution in [0, 0.1) is 0 Å². The molecule has 10 heteroatoms. The van der Waals surface area contributed by atoms with Crippen molar-refractivity contribution in [3.05, 3.63) is 30.1 Å². The van der Waals surface area contributed by atoms with E-state index in [0.717, 1.165) is 5.56 Å². The van der Waals surface area contributed by atoms with Crippen LogP contribution in [-0.4, -0.2) is 45.0 Å². The van der Waals surface area contributed by atoms with Crippen LogP contribution in [0.4, 0.5) is 0 Å². The molecule has 1 aromatic carbocycles. The highest BCUT2D eigenvalue weighted by atomic mass is 16.7. The van der Waals surface area contributed by atoms with Gasteiger partial charge in [0.15, 0.2) is 17.6 Å². The fourth-order valence-electron chi connectivity index (χ4n) is 2.06. The number of tetrazole rings is 1. The number of carbonyl (C=O) groups excluding carboxylic acids is 2. The third-order valence-corrected chi connectivity index (χ3v) is 3.26. The monoisotopic (exact) mass is 333 g/mol. The Morgan fingerprint density at radius 2 is 2.21 bits per heavy atom. The number of ether oxygens (including phenoxy) is 3. The van der Waals surface area contributed by atoms with Gasteiger partial charge in [0.2, 0.25) is 6.79 Å². The molecule has 1 N–H and O–H groups in total. The Balaban J connectivity index is 1.46. The molecule has 1 aliphatic heterocycles. The smallest absolute Gasteiger partial charge is 0.328 e. The van der Waals surface area contributed by atoms with Crippen LogP contribution >= 0.6 is 0 Å². The van der Waals surface area contributed by atoms with Crippen molar-refractivity contribution in [3.8, 4) is 11.5 Å². The number of esters is 1. The molecule has 0 saturated carbocycles.